The lowest BCUT2D eigenvalue weighted by Gasteiger charge is -2.29. The van der Waals surface area contributed by atoms with Gasteiger partial charge in [-0.1, -0.05) is 25.8 Å². The van der Waals surface area contributed by atoms with Gasteiger partial charge in [-0.2, -0.15) is 0 Å². The molecule has 1 fully saturated rings. The molecule has 0 spiro atoms. The van der Waals surface area contributed by atoms with Gasteiger partial charge in [0.05, 0.1) is 18.6 Å². The molecule has 160 valence electrons. The van der Waals surface area contributed by atoms with E-state index in [0.29, 0.717) is 23.7 Å². The molecule has 0 bridgehead atoms. The standard InChI is InChI=1S/C20H30N4O5/c1-4-5-6-15(11-23(28)13-25)20(27)24-12-16(29-3)9-17(24)19(26)22-18-8-7-14(2)10-21-18/h7-8,10,13,15-17,28H,4-6,9,11-12H2,1-3H3,(H,21,22,26)/t15-,16-,17+/m1/s1. The molecule has 3 amide bonds. The Morgan fingerprint density at radius 2 is 2.24 bits per heavy atom. The zero-order valence-electron chi connectivity index (χ0n) is 17.2. The smallest absolute Gasteiger partial charge is 0.248 e. The van der Waals surface area contributed by atoms with E-state index < -0.39 is 12.0 Å². The van der Waals surface area contributed by atoms with Crippen LogP contribution in [0.3, 0.4) is 0 Å². The Morgan fingerprint density at radius 1 is 1.48 bits per heavy atom. The highest BCUT2D eigenvalue weighted by Gasteiger charge is 2.42. The average Bonchev–Trinajstić information content (AvgIpc) is 3.16. The lowest BCUT2D eigenvalue weighted by Crippen LogP contribution is -2.47. The summed E-state index contributed by atoms with van der Waals surface area (Å²) in [5.74, 6) is -0.775. The van der Waals surface area contributed by atoms with Crippen LogP contribution in [0.1, 0.15) is 38.2 Å². The normalized spacial score (nSPS) is 19.7. The van der Waals surface area contributed by atoms with Crippen LogP contribution in [0.4, 0.5) is 5.82 Å². The number of hydrogen-bond donors (Lipinski definition) is 2. The van der Waals surface area contributed by atoms with E-state index >= 15 is 0 Å². The molecule has 1 aromatic rings. The maximum Gasteiger partial charge on any atom is 0.248 e. The summed E-state index contributed by atoms with van der Waals surface area (Å²) in [6.07, 6.45) is 4.21. The zero-order chi connectivity index (χ0) is 21.4. The van der Waals surface area contributed by atoms with Gasteiger partial charge in [-0.15, -0.1) is 0 Å². The number of likely N-dealkylation sites (tertiary alicyclic amines) is 1. The number of anilines is 1. The molecule has 0 radical (unpaired) electrons. The number of amides is 3. The van der Waals surface area contributed by atoms with Gasteiger partial charge in [0, 0.05) is 26.3 Å². The summed E-state index contributed by atoms with van der Waals surface area (Å²) in [5.41, 5.74) is 0.975. The number of carbonyl (C=O) groups is 3. The van der Waals surface area contributed by atoms with E-state index in [1.54, 1.807) is 19.4 Å². The number of methoxy groups -OCH3 is 1. The van der Waals surface area contributed by atoms with Crippen molar-refractivity contribution in [3.63, 3.8) is 0 Å². The number of hydrogen-bond acceptors (Lipinski definition) is 6. The van der Waals surface area contributed by atoms with E-state index in [0.717, 1.165) is 18.4 Å². The van der Waals surface area contributed by atoms with Crippen molar-refractivity contribution in [1.82, 2.24) is 14.9 Å². The van der Waals surface area contributed by atoms with Crippen molar-refractivity contribution < 1.29 is 24.3 Å². The van der Waals surface area contributed by atoms with Crippen LogP contribution in [-0.2, 0) is 19.1 Å². The second-order valence-electron chi connectivity index (χ2n) is 7.38. The van der Waals surface area contributed by atoms with Gasteiger partial charge >= 0.3 is 0 Å². The van der Waals surface area contributed by atoms with Crippen molar-refractivity contribution in [3.8, 4) is 0 Å². The second-order valence-corrected chi connectivity index (χ2v) is 7.38. The quantitative estimate of drug-likeness (QED) is 0.347. The monoisotopic (exact) mass is 406 g/mol. The van der Waals surface area contributed by atoms with Gasteiger partial charge in [0.15, 0.2) is 0 Å². The van der Waals surface area contributed by atoms with Gasteiger partial charge in [-0.3, -0.25) is 19.6 Å². The third kappa shape index (κ3) is 6.23. The molecule has 0 saturated carbocycles. The zero-order valence-corrected chi connectivity index (χ0v) is 17.2. The van der Waals surface area contributed by atoms with Crippen LogP contribution in [0.5, 0.6) is 0 Å². The van der Waals surface area contributed by atoms with Gasteiger partial charge in [-0.25, -0.2) is 10.0 Å². The number of aryl methyl sites for hydroxylation is 1. The predicted molar refractivity (Wildman–Crippen MR) is 106 cm³/mol. The third-order valence-electron chi connectivity index (χ3n) is 5.13. The number of nitrogens with zero attached hydrogens (tertiary/aromatic N) is 3. The first kappa shape index (κ1) is 22.8. The van der Waals surface area contributed by atoms with E-state index in [-0.39, 0.29) is 37.4 Å². The van der Waals surface area contributed by atoms with Gasteiger partial charge in [0.1, 0.15) is 11.9 Å². The van der Waals surface area contributed by atoms with E-state index in [2.05, 4.69) is 10.3 Å². The predicted octanol–water partition coefficient (Wildman–Crippen LogP) is 1.60. The highest BCUT2D eigenvalue weighted by molar-refractivity contribution is 5.97. The highest BCUT2D eigenvalue weighted by atomic mass is 16.5. The molecular weight excluding hydrogens is 376 g/mol. The molecule has 2 rings (SSSR count). The van der Waals surface area contributed by atoms with Crippen molar-refractivity contribution >= 4 is 24.0 Å². The number of pyridine rings is 1. The number of nitrogens with one attached hydrogen (secondary N) is 1. The Balaban J connectivity index is 2.16. The Morgan fingerprint density at radius 3 is 2.83 bits per heavy atom. The molecular formula is C20H30N4O5. The molecule has 9 heteroatoms. The van der Waals surface area contributed by atoms with Gasteiger partial charge in [0.25, 0.3) is 0 Å². The van der Waals surface area contributed by atoms with Crippen LogP contribution < -0.4 is 5.32 Å². The molecule has 0 unspecified atom stereocenters. The average molecular weight is 406 g/mol. The third-order valence-corrected chi connectivity index (χ3v) is 5.13. The number of aromatic nitrogens is 1. The van der Waals surface area contributed by atoms with Crippen molar-refractivity contribution in [2.24, 2.45) is 5.92 Å². The summed E-state index contributed by atoms with van der Waals surface area (Å²) in [5, 5.41) is 12.8. The van der Waals surface area contributed by atoms with Crippen molar-refractivity contribution in [2.75, 3.05) is 25.5 Å². The fraction of sp³-hybridized carbons (Fsp3) is 0.600. The van der Waals surface area contributed by atoms with E-state index in [1.807, 2.05) is 19.9 Å². The summed E-state index contributed by atoms with van der Waals surface area (Å²) in [7, 11) is 1.55. The fourth-order valence-electron chi connectivity index (χ4n) is 3.46. The van der Waals surface area contributed by atoms with Gasteiger partial charge in [0.2, 0.25) is 18.2 Å². The Hall–Kier alpha value is -2.52. The van der Waals surface area contributed by atoms with Crippen LogP contribution in [-0.4, -0.2) is 70.7 Å². The molecule has 1 aliphatic rings. The summed E-state index contributed by atoms with van der Waals surface area (Å²) < 4.78 is 5.40. The van der Waals surface area contributed by atoms with Crippen LogP contribution >= 0.6 is 0 Å². The van der Waals surface area contributed by atoms with Crippen LogP contribution in [0.15, 0.2) is 18.3 Å². The SMILES string of the molecule is CCCC[C@H](CN(O)C=O)C(=O)N1C[C@H](OC)C[C@H]1C(=O)Nc1ccc(C)cn1. The molecule has 3 atom stereocenters. The maximum absolute atomic E-state index is 13.2. The van der Waals surface area contributed by atoms with E-state index in [9.17, 15) is 19.6 Å². The van der Waals surface area contributed by atoms with E-state index in [1.165, 1.54) is 4.90 Å². The molecule has 1 saturated heterocycles. The molecule has 9 nitrogen and oxygen atoms in total. The number of hydroxylamine groups is 2. The lowest BCUT2D eigenvalue weighted by molar-refractivity contribution is -0.157. The summed E-state index contributed by atoms with van der Waals surface area (Å²) in [4.78, 5) is 42.6. The molecule has 2 N–H and O–H groups in total. The van der Waals surface area contributed by atoms with Crippen molar-refractivity contribution in [2.45, 2.75) is 51.7 Å². The number of rotatable bonds is 10. The minimum atomic E-state index is -0.706. The first-order valence-electron chi connectivity index (χ1n) is 9.87. The summed E-state index contributed by atoms with van der Waals surface area (Å²) in [6.45, 7) is 4.08. The lowest BCUT2D eigenvalue weighted by atomic mass is 9.99. The van der Waals surface area contributed by atoms with Crippen LogP contribution in [0.25, 0.3) is 0 Å². The second kappa shape index (κ2) is 10.9. The topological polar surface area (TPSA) is 112 Å². The molecule has 0 aromatic carbocycles. The molecule has 0 aliphatic carbocycles. The van der Waals surface area contributed by atoms with Crippen molar-refractivity contribution in [3.05, 3.63) is 23.9 Å². The summed E-state index contributed by atoms with van der Waals surface area (Å²) >= 11 is 0. The Kier molecular flexibility index (Phi) is 8.53. The summed E-state index contributed by atoms with van der Waals surface area (Å²) in [6, 6.07) is 2.84. The fourth-order valence-corrected chi connectivity index (χ4v) is 3.46. The first-order chi connectivity index (χ1) is 13.9. The minimum absolute atomic E-state index is 0.107. The number of unbranched alkanes of at least 4 members (excludes halogenated alkanes) is 1. The molecule has 29 heavy (non-hydrogen) atoms. The van der Waals surface area contributed by atoms with Crippen LogP contribution in [0, 0.1) is 12.8 Å². The molecule has 1 aromatic heterocycles. The maximum atomic E-state index is 13.2. The first-order valence-corrected chi connectivity index (χ1v) is 9.87. The Bertz CT molecular complexity index is 697. The molecule has 2 heterocycles. The number of carbonyl (C=O) groups excluding carboxylic acids is 3. The van der Waals surface area contributed by atoms with Gasteiger partial charge in [-0.05, 0) is 25.0 Å². The largest absolute Gasteiger partial charge is 0.380 e. The van der Waals surface area contributed by atoms with E-state index in [4.69, 9.17) is 4.74 Å². The number of ether oxygens (including phenoxy) is 1. The molecule has 1 aliphatic heterocycles. The minimum Gasteiger partial charge on any atom is -0.380 e. The van der Waals surface area contributed by atoms with Crippen molar-refractivity contribution in [1.29, 1.82) is 0 Å². The van der Waals surface area contributed by atoms with Crippen LogP contribution in [0.2, 0.25) is 0 Å². The van der Waals surface area contributed by atoms with Gasteiger partial charge < -0.3 is 15.0 Å². The highest BCUT2D eigenvalue weighted by Crippen LogP contribution is 2.25. The Labute approximate surface area is 171 Å².